The molecule has 0 heterocycles. The van der Waals surface area contributed by atoms with Crippen molar-refractivity contribution in [2.24, 2.45) is 5.41 Å². The van der Waals surface area contributed by atoms with Crippen LogP contribution in [0.15, 0.2) is 18.2 Å². The summed E-state index contributed by atoms with van der Waals surface area (Å²) in [5.74, 6) is -0.776. The summed E-state index contributed by atoms with van der Waals surface area (Å²) in [5, 5.41) is 3.02. The molecule has 0 spiro atoms. The molecule has 0 aliphatic rings. The van der Waals surface area contributed by atoms with Crippen LogP contribution in [0.5, 0.6) is 0 Å². The molecule has 15 heavy (non-hydrogen) atoms. The van der Waals surface area contributed by atoms with E-state index in [-0.39, 0.29) is 17.3 Å². The van der Waals surface area contributed by atoms with Crippen molar-refractivity contribution in [2.45, 2.75) is 26.8 Å². The fourth-order valence-corrected chi connectivity index (χ4v) is 1.79. The molecule has 0 aliphatic carbocycles. The van der Waals surface area contributed by atoms with Gasteiger partial charge in [-0.25, -0.2) is 8.78 Å². The molecule has 0 aliphatic heterocycles. The second-order valence-electron chi connectivity index (χ2n) is 4.75. The molecule has 1 nitrogen and oxygen atoms in total. The topological polar surface area (TPSA) is 12.0 Å². The van der Waals surface area contributed by atoms with Crippen molar-refractivity contribution < 1.29 is 8.78 Å². The summed E-state index contributed by atoms with van der Waals surface area (Å²) in [6, 6.07) is 3.35. The minimum atomic E-state index is -0.407. The third-order valence-corrected chi connectivity index (χ3v) is 2.42. The predicted octanol–water partition coefficient (Wildman–Crippen LogP) is 3.27. The van der Waals surface area contributed by atoms with E-state index in [1.807, 2.05) is 20.8 Å². The first kappa shape index (κ1) is 12.1. The monoisotopic (exact) mass is 213 g/mol. The average Bonchev–Trinajstić information content (AvgIpc) is 2.10. The van der Waals surface area contributed by atoms with Crippen molar-refractivity contribution in [1.82, 2.24) is 5.32 Å². The van der Waals surface area contributed by atoms with Crippen LogP contribution in [0.4, 0.5) is 8.78 Å². The molecule has 0 bridgehead atoms. The lowest BCUT2D eigenvalue weighted by Crippen LogP contribution is -2.30. The molecule has 1 rings (SSSR count). The van der Waals surface area contributed by atoms with Crippen molar-refractivity contribution in [2.75, 3.05) is 7.05 Å². The van der Waals surface area contributed by atoms with Crippen LogP contribution in [0, 0.1) is 17.0 Å². The maximum Gasteiger partial charge on any atom is 0.128 e. The molecular formula is C12H17F2N. The molecule has 1 aromatic carbocycles. The summed E-state index contributed by atoms with van der Waals surface area (Å²) in [6.45, 7) is 5.95. The highest BCUT2D eigenvalue weighted by Gasteiger charge is 2.27. The second-order valence-corrected chi connectivity index (χ2v) is 4.75. The minimum Gasteiger partial charge on any atom is -0.312 e. The predicted molar refractivity (Wildman–Crippen MR) is 57.6 cm³/mol. The quantitative estimate of drug-likeness (QED) is 0.795. The number of halogens is 2. The summed E-state index contributed by atoms with van der Waals surface area (Å²) in [5.41, 5.74) is 0.216. The molecule has 0 saturated heterocycles. The summed E-state index contributed by atoms with van der Waals surface area (Å²) >= 11 is 0. The van der Waals surface area contributed by atoms with Gasteiger partial charge in [0.25, 0.3) is 0 Å². The van der Waals surface area contributed by atoms with Gasteiger partial charge in [-0.15, -0.1) is 0 Å². The van der Waals surface area contributed by atoms with Gasteiger partial charge in [-0.05, 0) is 30.7 Å². The molecular weight excluding hydrogens is 196 g/mol. The first-order valence-electron chi connectivity index (χ1n) is 4.98. The van der Waals surface area contributed by atoms with E-state index in [9.17, 15) is 8.78 Å². The van der Waals surface area contributed by atoms with Gasteiger partial charge in [0.15, 0.2) is 0 Å². The van der Waals surface area contributed by atoms with E-state index >= 15 is 0 Å². The first-order chi connectivity index (χ1) is 6.86. The normalized spacial score (nSPS) is 14.0. The Balaban J connectivity index is 3.18. The molecule has 0 amide bonds. The van der Waals surface area contributed by atoms with Gasteiger partial charge in [0.05, 0.1) is 0 Å². The molecule has 3 heteroatoms. The zero-order valence-electron chi connectivity index (χ0n) is 9.57. The van der Waals surface area contributed by atoms with Gasteiger partial charge in [0.2, 0.25) is 0 Å². The summed E-state index contributed by atoms with van der Waals surface area (Å²) < 4.78 is 26.6. The average molecular weight is 213 g/mol. The standard InChI is InChI=1S/C12H17F2N/c1-12(2,3)11(15-4)9-7-8(13)5-6-10(9)14/h5-7,11,15H,1-4H3. The van der Waals surface area contributed by atoms with Crippen molar-refractivity contribution in [3.63, 3.8) is 0 Å². The summed E-state index contributed by atoms with van der Waals surface area (Å²) in [4.78, 5) is 0. The van der Waals surface area contributed by atoms with E-state index in [4.69, 9.17) is 0 Å². The number of nitrogens with one attached hydrogen (secondary N) is 1. The second kappa shape index (κ2) is 4.27. The number of rotatable bonds is 2. The molecule has 1 atom stereocenters. The third kappa shape index (κ3) is 2.75. The van der Waals surface area contributed by atoms with Crippen LogP contribution < -0.4 is 5.32 Å². The van der Waals surface area contributed by atoms with Crippen molar-refractivity contribution in [3.05, 3.63) is 35.4 Å². The van der Waals surface area contributed by atoms with E-state index in [1.165, 1.54) is 12.1 Å². The molecule has 1 unspecified atom stereocenters. The lowest BCUT2D eigenvalue weighted by molar-refractivity contribution is 0.279. The van der Waals surface area contributed by atoms with Crippen LogP contribution in [-0.2, 0) is 0 Å². The van der Waals surface area contributed by atoms with Gasteiger partial charge < -0.3 is 5.32 Å². The number of hydrogen-bond donors (Lipinski definition) is 1. The van der Waals surface area contributed by atoms with Gasteiger partial charge in [0, 0.05) is 11.6 Å². The lowest BCUT2D eigenvalue weighted by Gasteiger charge is -2.31. The van der Waals surface area contributed by atoms with Crippen LogP contribution in [0.25, 0.3) is 0 Å². The van der Waals surface area contributed by atoms with Gasteiger partial charge in [-0.3, -0.25) is 0 Å². The smallest absolute Gasteiger partial charge is 0.128 e. The molecule has 84 valence electrons. The number of hydrogen-bond acceptors (Lipinski definition) is 1. The van der Waals surface area contributed by atoms with Crippen molar-refractivity contribution in [1.29, 1.82) is 0 Å². The van der Waals surface area contributed by atoms with E-state index in [1.54, 1.807) is 7.05 Å². The van der Waals surface area contributed by atoms with Gasteiger partial charge >= 0.3 is 0 Å². The Morgan fingerprint density at radius 1 is 1.20 bits per heavy atom. The Morgan fingerprint density at radius 2 is 1.80 bits per heavy atom. The summed E-state index contributed by atoms with van der Waals surface area (Å²) in [6.07, 6.45) is 0. The maximum atomic E-state index is 13.5. The molecule has 0 radical (unpaired) electrons. The van der Waals surface area contributed by atoms with Crippen LogP contribution in [0.3, 0.4) is 0 Å². The Hall–Kier alpha value is -0.960. The number of benzene rings is 1. The zero-order valence-corrected chi connectivity index (χ0v) is 9.57. The first-order valence-corrected chi connectivity index (χ1v) is 4.98. The molecule has 1 aromatic rings. The highest BCUT2D eigenvalue weighted by molar-refractivity contribution is 5.23. The van der Waals surface area contributed by atoms with Gasteiger partial charge in [-0.2, -0.15) is 0 Å². The van der Waals surface area contributed by atoms with Crippen LogP contribution in [0.1, 0.15) is 32.4 Å². The van der Waals surface area contributed by atoms with Gasteiger partial charge in [-0.1, -0.05) is 20.8 Å². The molecule has 0 aromatic heterocycles. The molecule has 0 fully saturated rings. The van der Waals surface area contributed by atoms with Crippen LogP contribution in [0.2, 0.25) is 0 Å². The zero-order chi connectivity index (χ0) is 11.6. The van der Waals surface area contributed by atoms with Crippen molar-refractivity contribution in [3.8, 4) is 0 Å². The fourth-order valence-electron chi connectivity index (χ4n) is 1.79. The highest BCUT2D eigenvalue weighted by atomic mass is 19.1. The van der Waals surface area contributed by atoms with Crippen LogP contribution >= 0.6 is 0 Å². The third-order valence-electron chi connectivity index (χ3n) is 2.42. The van der Waals surface area contributed by atoms with Crippen molar-refractivity contribution >= 4 is 0 Å². The van der Waals surface area contributed by atoms with E-state index in [2.05, 4.69) is 5.32 Å². The fraction of sp³-hybridized carbons (Fsp3) is 0.500. The van der Waals surface area contributed by atoms with Gasteiger partial charge in [0.1, 0.15) is 11.6 Å². The van der Waals surface area contributed by atoms with E-state index in [0.29, 0.717) is 5.56 Å². The largest absolute Gasteiger partial charge is 0.312 e. The van der Waals surface area contributed by atoms with Crippen LogP contribution in [-0.4, -0.2) is 7.05 Å². The highest BCUT2D eigenvalue weighted by Crippen LogP contribution is 2.33. The Labute approximate surface area is 89.5 Å². The maximum absolute atomic E-state index is 13.5. The SMILES string of the molecule is CNC(c1cc(F)ccc1F)C(C)(C)C. The van der Waals surface area contributed by atoms with E-state index < -0.39 is 5.82 Å². The summed E-state index contributed by atoms with van der Waals surface area (Å²) in [7, 11) is 1.75. The Kier molecular flexibility index (Phi) is 3.45. The molecule has 1 N–H and O–H groups in total. The molecule has 0 saturated carbocycles. The Bertz CT molecular complexity index is 342. The lowest BCUT2D eigenvalue weighted by atomic mass is 9.82. The van der Waals surface area contributed by atoms with E-state index in [0.717, 1.165) is 6.07 Å². The Morgan fingerprint density at radius 3 is 2.27 bits per heavy atom. The minimum absolute atomic E-state index is 0.163.